The lowest BCUT2D eigenvalue weighted by Gasteiger charge is -2.27. The fourth-order valence-corrected chi connectivity index (χ4v) is 3.59. The van der Waals surface area contributed by atoms with Gasteiger partial charge >= 0.3 is 0 Å². The van der Waals surface area contributed by atoms with Gasteiger partial charge in [-0.3, -0.25) is 0 Å². The molecule has 2 atom stereocenters. The Kier molecular flexibility index (Phi) is 4.72. The third-order valence-electron chi connectivity index (χ3n) is 3.59. The summed E-state index contributed by atoms with van der Waals surface area (Å²) in [6.07, 6.45) is 2.65. The van der Waals surface area contributed by atoms with Gasteiger partial charge in [-0.25, -0.2) is 21.9 Å². The number of hydrogen-bond acceptors (Lipinski definition) is 3. The smallest absolute Gasteiger partial charge is 0.243 e. The predicted molar refractivity (Wildman–Crippen MR) is 69.5 cm³/mol. The van der Waals surface area contributed by atoms with Gasteiger partial charge in [0, 0.05) is 6.54 Å². The van der Waals surface area contributed by atoms with Crippen molar-refractivity contribution in [1.82, 2.24) is 4.72 Å². The van der Waals surface area contributed by atoms with Gasteiger partial charge in [-0.15, -0.1) is 0 Å². The summed E-state index contributed by atoms with van der Waals surface area (Å²) in [4.78, 5) is -0.706. The standard InChI is InChI=1S/C13H17F2NO3S/c14-10-5-6-11(15)13(7-10)20(18,19)16-8-9-3-1-2-4-12(9)17/h5-7,9,12,16-17H,1-4,8H2. The number of rotatable bonds is 4. The molecule has 0 saturated heterocycles. The zero-order valence-electron chi connectivity index (χ0n) is 10.9. The number of aliphatic hydroxyl groups is 1. The summed E-state index contributed by atoms with van der Waals surface area (Å²) in [5, 5.41) is 9.77. The quantitative estimate of drug-likeness (QED) is 0.891. The molecule has 1 saturated carbocycles. The zero-order chi connectivity index (χ0) is 14.8. The van der Waals surface area contributed by atoms with Crippen LogP contribution in [0.15, 0.2) is 23.1 Å². The van der Waals surface area contributed by atoms with Crippen molar-refractivity contribution in [2.45, 2.75) is 36.7 Å². The monoisotopic (exact) mass is 305 g/mol. The highest BCUT2D eigenvalue weighted by Gasteiger charge is 2.26. The third-order valence-corrected chi connectivity index (χ3v) is 5.03. The number of nitrogens with one attached hydrogen (secondary N) is 1. The highest BCUT2D eigenvalue weighted by atomic mass is 32.2. The highest BCUT2D eigenvalue weighted by Crippen LogP contribution is 2.24. The van der Waals surface area contributed by atoms with E-state index in [1.165, 1.54) is 0 Å². The van der Waals surface area contributed by atoms with Gasteiger partial charge in [-0.1, -0.05) is 12.8 Å². The van der Waals surface area contributed by atoms with Crippen molar-refractivity contribution >= 4 is 10.0 Å². The Morgan fingerprint density at radius 2 is 1.95 bits per heavy atom. The van der Waals surface area contributed by atoms with Crippen LogP contribution in [0.25, 0.3) is 0 Å². The zero-order valence-corrected chi connectivity index (χ0v) is 11.7. The normalized spacial score (nSPS) is 23.8. The Bertz CT molecular complexity index is 577. The molecule has 1 aromatic rings. The van der Waals surface area contributed by atoms with Gasteiger partial charge in [0.25, 0.3) is 0 Å². The van der Waals surface area contributed by atoms with Gasteiger partial charge in [0.2, 0.25) is 10.0 Å². The van der Waals surface area contributed by atoms with Crippen LogP contribution in [-0.2, 0) is 10.0 Å². The van der Waals surface area contributed by atoms with Gasteiger partial charge in [0.1, 0.15) is 16.5 Å². The van der Waals surface area contributed by atoms with Crippen LogP contribution < -0.4 is 4.72 Å². The molecule has 112 valence electrons. The second-order valence-corrected chi connectivity index (χ2v) is 6.77. The second-order valence-electron chi connectivity index (χ2n) is 5.04. The molecule has 2 rings (SSSR count). The van der Waals surface area contributed by atoms with E-state index in [9.17, 15) is 22.3 Å². The minimum atomic E-state index is -4.11. The Labute approximate surface area is 116 Å². The Morgan fingerprint density at radius 3 is 2.65 bits per heavy atom. The summed E-state index contributed by atoms with van der Waals surface area (Å²) in [5.41, 5.74) is 0. The molecule has 4 nitrogen and oxygen atoms in total. The third kappa shape index (κ3) is 3.53. The first kappa shape index (κ1) is 15.3. The van der Waals surface area contributed by atoms with Crippen LogP contribution in [-0.4, -0.2) is 26.2 Å². The fraction of sp³-hybridized carbons (Fsp3) is 0.538. The molecular formula is C13H17F2NO3S. The minimum absolute atomic E-state index is 0.0272. The molecule has 0 spiro atoms. The SMILES string of the molecule is O=S(=O)(NCC1CCCCC1O)c1cc(F)ccc1F. The van der Waals surface area contributed by atoms with E-state index in [0.717, 1.165) is 31.4 Å². The summed E-state index contributed by atoms with van der Waals surface area (Å²) < 4.78 is 52.7. The summed E-state index contributed by atoms with van der Waals surface area (Å²) in [5.74, 6) is -2.00. The van der Waals surface area contributed by atoms with Gasteiger partial charge in [-0.2, -0.15) is 0 Å². The summed E-state index contributed by atoms with van der Waals surface area (Å²) in [6.45, 7) is 0.0272. The summed E-state index contributed by atoms with van der Waals surface area (Å²) >= 11 is 0. The van der Waals surface area contributed by atoms with Crippen molar-refractivity contribution in [1.29, 1.82) is 0 Å². The van der Waals surface area contributed by atoms with Gasteiger partial charge < -0.3 is 5.11 Å². The van der Waals surface area contributed by atoms with E-state index in [2.05, 4.69) is 4.72 Å². The molecule has 1 aliphatic carbocycles. The summed E-state index contributed by atoms with van der Waals surface area (Å²) in [7, 11) is -4.11. The van der Waals surface area contributed by atoms with Crippen molar-refractivity contribution in [2.75, 3.05) is 6.54 Å². The molecular weight excluding hydrogens is 288 g/mol. The number of sulfonamides is 1. The fourth-order valence-electron chi connectivity index (χ4n) is 2.40. The maximum atomic E-state index is 13.5. The van der Waals surface area contributed by atoms with Crippen LogP contribution in [0.1, 0.15) is 25.7 Å². The molecule has 0 amide bonds. The first-order valence-electron chi connectivity index (χ1n) is 6.53. The average Bonchev–Trinajstić information content (AvgIpc) is 2.40. The average molecular weight is 305 g/mol. The van der Waals surface area contributed by atoms with Crippen molar-refractivity contribution in [3.8, 4) is 0 Å². The Hall–Kier alpha value is -1.05. The van der Waals surface area contributed by atoms with Crippen molar-refractivity contribution in [2.24, 2.45) is 5.92 Å². The van der Waals surface area contributed by atoms with Crippen molar-refractivity contribution in [3.05, 3.63) is 29.8 Å². The Morgan fingerprint density at radius 1 is 1.25 bits per heavy atom. The molecule has 1 aliphatic rings. The van der Waals surface area contributed by atoms with Crippen LogP contribution >= 0.6 is 0 Å². The van der Waals surface area contributed by atoms with Gasteiger partial charge in [-0.05, 0) is 37.0 Å². The molecule has 0 aromatic heterocycles. The van der Waals surface area contributed by atoms with Crippen LogP contribution in [0.5, 0.6) is 0 Å². The lowest BCUT2D eigenvalue weighted by atomic mass is 9.87. The highest BCUT2D eigenvalue weighted by molar-refractivity contribution is 7.89. The summed E-state index contributed by atoms with van der Waals surface area (Å²) in [6, 6.07) is 2.29. The minimum Gasteiger partial charge on any atom is -0.393 e. The maximum Gasteiger partial charge on any atom is 0.243 e. The molecule has 2 unspecified atom stereocenters. The molecule has 20 heavy (non-hydrogen) atoms. The van der Waals surface area contributed by atoms with E-state index in [4.69, 9.17) is 0 Å². The van der Waals surface area contributed by atoms with E-state index < -0.39 is 32.7 Å². The lowest BCUT2D eigenvalue weighted by Crippen LogP contribution is -2.36. The van der Waals surface area contributed by atoms with E-state index >= 15 is 0 Å². The van der Waals surface area contributed by atoms with Gasteiger partial charge in [0.15, 0.2) is 0 Å². The Balaban J connectivity index is 2.09. The molecule has 2 N–H and O–H groups in total. The van der Waals surface area contributed by atoms with Crippen LogP contribution in [0.2, 0.25) is 0 Å². The topological polar surface area (TPSA) is 66.4 Å². The van der Waals surface area contributed by atoms with Gasteiger partial charge in [0.05, 0.1) is 6.10 Å². The van der Waals surface area contributed by atoms with Crippen molar-refractivity contribution in [3.63, 3.8) is 0 Å². The first-order valence-corrected chi connectivity index (χ1v) is 8.01. The second kappa shape index (κ2) is 6.15. The van der Waals surface area contributed by atoms with E-state index in [0.29, 0.717) is 12.5 Å². The maximum absolute atomic E-state index is 13.5. The number of benzene rings is 1. The molecule has 1 aromatic carbocycles. The lowest BCUT2D eigenvalue weighted by molar-refractivity contribution is 0.0724. The van der Waals surface area contributed by atoms with E-state index in [1.807, 2.05) is 0 Å². The predicted octanol–water partition coefficient (Wildman–Crippen LogP) is 1.79. The largest absolute Gasteiger partial charge is 0.393 e. The molecule has 0 heterocycles. The molecule has 0 radical (unpaired) electrons. The van der Waals surface area contributed by atoms with E-state index in [1.54, 1.807) is 0 Å². The van der Waals surface area contributed by atoms with Crippen LogP contribution in [0.4, 0.5) is 8.78 Å². The molecule has 0 aliphatic heterocycles. The van der Waals surface area contributed by atoms with Crippen LogP contribution in [0.3, 0.4) is 0 Å². The van der Waals surface area contributed by atoms with Crippen molar-refractivity contribution < 1.29 is 22.3 Å². The molecule has 0 bridgehead atoms. The number of hydrogen-bond donors (Lipinski definition) is 2. The molecule has 7 heteroatoms. The van der Waals surface area contributed by atoms with E-state index in [-0.39, 0.29) is 12.5 Å². The van der Waals surface area contributed by atoms with Crippen LogP contribution in [0, 0.1) is 17.6 Å². The first-order chi connectivity index (χ1) is 9.40. The molecule has 1 fully saturated rings. The number of halogens is 2. The number of aliphatic hydroxyl groups excluding tert-OH is 1.